The zero-order valence-corrected chi connectivity index (χ0v) is 10.8. The minimum Gasteiger partial charge on any atom is -0.612 e. The number of nitrogens with zero attached hydrogens (tertiary/aromatic N) is 1. The molecule has 0 spiro atoms. The van der Waals surface area contributed by atoms with Crippen LogP contribution in [0.3, 0.4) is 0 Å². The van der Waals surface area contributed by atoms with Crippen LogP contribution in [0.4, 0.5) is 4.39 Å². The molecule has 0 fully saturated rings. The van der Waals surface area contributed by atoms with E-state index < -0.39 is 23.0 Å². The number of rotatable bonds is 3. The Bertz CT molecular complexity index is 614. The molecular weight excluding hydrogens is 269 g/mol. The van der Waals surface area contributed by atoms with Gasteiger partial charge >= 0.3 is 5.97 Å². The second-order valence-corrected chi connectivity index (χ2v) is 5.12. The van der Waals surface area contributed by atoms with Crippen molar-refractivity contribution in [3.8, 4) is 11.3 Å². The highest BCUT2D eigenvalue weighted by molar-refractivity contribution is 7.91. The van der Waals surface area contributed by atoms with Crippen LogP contribution < -0.4 is 0 Å². The number of aromatic nitrogens is 1. The van der Waals surface area contributed by atoms with Crippen LogP contribution in [0.25, 0.3) is 11.3 Å². The van der Waals surface area contributed by atoms with Gasteiger partial charge in [0, 0.05) is 11.8 Å². The van der Waals surface area contributed by atoms with Crippen molar-refractivity contribution in [3.63, 3.8) is 0 Å². The van der Waals surface area contributed by atoms with E-state index in [1.807, 2.05) is 0 Å². The van der Waals surface area contributed by atoms with Crippen molar-refractivity contribution in [2.45, 2.75) is 4.90 Å². The molecule has 1 aromatic heterocycles. The maximum absolute atomic E-state index is 12.9. The predicted octanol–water partition coefficient (Wildman–Crippen LogP) is 2.32. The zero-order chi connectivity index (χ0) is 14.0. The predicted molar refractivity (Wildman–Crippen MR) is 68.9 cm³/mol. The van der Waals surface area contributed by atoms with Gasteiger partial charge in [-0.1, -0.05) is 0 Å². The third-order valence-electron chi connectivity index (χ3n) is 2.54. The van der Waals surface area contributed by atoms with Crippen molar-refractivity contribution in [3.05, 3.63) is 47.9 Å². The summed E-state index contributed by atoms with van der Waals surface area (Å²) in [5.74, 6) is -1.58. The number of hydrogen-bond acceptors (Lipinski definition) is 3. The molecule has 0 amide bonds. The lowest BCUT2D eigenvalue weighted by molar-refractivity contribution is 0.0692. The Balaban J connectivity index is 2.66. The molecule has 0 aliphatic carbocycles. The van der Waals surface area contributed by atoms with E-state index in [1.165, 1.54) is 42.8 Å². The van der Waals surface area contributed by atoms with Gasteiger partial charge in [0.25, 0.3) is 0 Å². The van der Waals surface area contributed by atoms with E-state index in [9.17, 15) is 13.7 Å². The lowest BCUT2D eigenvalue weighted by Gasteiger charge is -2.12. The number of pyridine rings is 1. The molecule has 1 N–H and O–H groups in total. The van der Waals surface area contributed by atoms with Crippen LogP contribution in [0.5, 0.6) is 0 Å². The summed E-state index contributed by atoms with van der Waals surface area (Å²) in [6.45, 7) is 0. The fourth-order valence-corrected chi connectivity index (χ4v) is 2.63. The van der Waals surface area contributed by atoms with Crippen LogP contribution in [0.2, 0.25) is 0 Å². The van der Waals surface area contributed by atoms with Gasteiger partial charge < -0.3 is 9.66 Å². The molecule has 1 atom stereocenters. The van der Waals surface area contributed by atoms with Gasteiger partial charge in [0.15, 0.2) is 4.90 Å². The minimum absolute atomic E-state index is 0.0600. The maximum atomic E-state index is 12.9. The number of carbonyl (C=O) groups is 1. The first-order valence-electron chi connectivity index (χ1n) is 5.32. The maximum Gasteiger partial charge on any atom is 0.340 e. The third kappa shape index (κ3) is 2.74. The Kier molecular flexibility index (Phi) is 3.82. The quantitative estimate of drug-likeness (QED) is 0.875. The number of aromatic carboxylic acids is 1. The molecule has 2 aromatic rings. The van der Waals surface area contributed by atoms with E-state index in [0.29, 0.717) is 11.3 Å². The van der Waals surface area contributed by atoms with Crippen molar-refractivity contribution < 1.29 is 18.8 Å². The summed E-state index contributed by atoms with van der Waals surface area (Å²) in [6, 6.07) is 6.73. The topological polar surface area (TPSA) is 73.2 Å². The van der Waals surface area contributed by atoms with Gasteiger partial charge in [-0.05, 0) is 41.5 Å². The molecule has 19 heavy (non-hydrogen) atoms. The Morgan fingerprint density at radius 2 is 1.95 bits per heavy atom. The molecule has 98 valence electrons. The normalized spacial score (nSPS) is 12.2. The summed E-state index contributed by atoms with van der Waals surface area (Å²) in [7, 11) is 0. The second-order valence-electron chi connectivity index (χ2n) is 3.80. The van der Waals surface area contributed by atoms with Crippen molar-refractivity contribution >= 4 is 17.1 Å². The number of benzene rings is 1. The van der Waals surface area contributed by atoms with Crippen LogP contribution in [0.1, 0.15) is 10.4 Å². The molecule has 6 heteroatoms. The zero-order valence-electron chi connectivity index (χ0n) is 9.96. The molecule has 2 rings (SSSR count). The number of hydrogen-bond donors (Lipinski definition) is 1. The highest BCUT2D eigenvalue weighted by Gasteiger charge is 2.24. The van der Waals surface area contributed by atoms with E-state index >= 15 is 0 Å². The summed E-state index contributed by atoms with van der Waals surface area (Å²) in [4.78, 5) is 15.3. The Morgan fingerprint density at radius 1 is 1.32 bits per heavy atom. The molecule has 0 saturated heterocycles. The van der Waals surface area contributed by atoms with E-state index in [0.717, 1.165) is 0 Å². The molecule has 4 nitrogen and oxygen atoms in total. The molecular formula is C13H10FNO3S. The molecule has 0 saturated carbocycles. The Morgan fingerprint density at radius 3 is 2.47 bits per heavy atom. The third-order valence-corrected chi connectivity index (χ3v) is 3.53. The van der Waals surface area contributed by atoms with Gasteiger partial charge in [-0.25, -0.2) is 9.18 Å². The number of halogens is 1. The average Bonchev–Trinajstić information content (AvgIpc) is 2.38. The van der Waals surface area contributed by atoms with Crippen molar-refractivity contribution in [1.29, 1.82) is 0 Å². The monoisotopic (exact) mass is 279 g/mol. The molecule has 1 unspecified atom stereocenters. The van der Waals surface area contributed by atoms with Crippen molar-refractivity contribution in [2.75, 3.05) is 6.26 Å². The first kappa shape index (κ1) is 13.5. The standard InChI is InChI=1S/C13H10FNO3S/c1-19(18)12-10(13(16)17)6-7-15-11(12)8-2-4-9(14)5-3-8/h2-7H,1H3,(H,16,17). The first-order valence-corrected chi connectivity index (χ1v) is 6.88. The largest absolute Gasteiger partial charge is 0.612 e. The summed E-state index contributed by atoms with van der Waals surface area (Å²) >= 11 is -1.52. The Hall–Kier alpha value is -1.92. The molecule has 1 aromatic carbocycles. The van der Waals surface area contributed by atoms with E-state index in [1.54, 1.807) is 0 Å². The SMILES string of the molecule is C[S+]([O-])c1c(C(=O)O)ccnc1-c1ccc(F)cc1. The molecule has 0 radical (unpaired) electrons. The van der Waals surface area contributed by atoms with Gasteiger partial charge in [0.1, 0.15) is 23.3 Å². The van der Waals surface area contributed by atoms with E-state index in [-0.39, 0.29) is 10.5 Å². The molecule has 0 aliphatic heterocycles. The van der Waals surface area contributed by atoms with Gasteiger partial charge in [0.05, 0.1) is 0 Å². The smallest absolute Gasteiger partial charge is 0.340 e. The number of carboxylic acid groups (broad SMARTS) is 1. The molecule has 0 aliphatic rings. The van der Waals surface area contributed by atoms with Gasteiger partial charge in [-0.2, -0.15) is 0 Å². The van der Waals surface area contributed by atoms with Crippen molar-refractivity contribution in [1.82, 2.24) is 4.98 Å². The minimum atomic E-state index is -1.52. The highest BCUT2D eigenvalue weighted by Crippen LogP contribution is 2.28. The first-order chi connectivity index (χ1) is 9.00. The number of carboxylic acids is 1. The lowest BCUT2D eigenvalue weighted by Crippen LogP contribution is -2.10. The summed E-state index contributed by atoms with van der Waals surface area (Å²) in [5, 5.41) is 9.11. The fourth-order valence-electron chi connectivity index (χ4n) is 1.72. The van der Waals surface area contributed by atoms with E-state index in [2.05, 4.69) is 4.98 Å². The van der Waals surface area contributed by atoms with Crippen LogP contribution in [-0.2, 0) is 11.2 Å². The van der Waals surface area contributed by atoms with Crippen molar-refractivity contribution in [2.24, 2.45) is 0 Å². The summed E-state index contributed by atoms with van der Waals surface area (Å²) in [5.41, 5.74) is 0.755. The van der Waals surface area contributed by atoms with Crippen LogP contribution >= 0.6 is 0 Å². The highest BCUT2D eigenvalue weighted by atomic mass is 32.2. The second kappa shape index (κ2) is 5.38. The lowest BCUT2D eigenvalue weighted by atomic mass is 10.1. The summed E-state index contributed by atoms with van der Waals surface area (Å²) < 4.78 is 24.7. The molecule has 1 heterocycles. The van der Waals surface area contributed by atoms with Gasteiger partial charge in [-0.3, -0.25) is 4.98 Å². The van der Waals surface area contributed by atoms with Crippen LogP contribution in [0, 0.1) is 5.82 Å². The van der Waals surface area contributed by atoms with E-state index in [4.69, 9.17) is 5.11 Å². The fraction of sp³-hybridized carbons (Fsp3) is 0.0769. The average molecular weight is 279 g/mol. The summed E-state index contributed by atoms with van der Waals surface area (Å²) in [6.07, 6.45) is 2.72. The van der Waals surface area contributed by atoms with Crippen LogP contribution in [-0.4, -0.2) is 26.9 Å². The van der Waals surface area contributed by atoms with Gasteiger partial charge in [0.2, 0.25) is 0 Å². The van der Waals surface area contributed by atoms with Crippen LogP contribution in [0.15, 0.2) is 41.4 Å². The molecule has 0 bridgehead atoms. The Labute approximate surface area is 112 Å². The van der Waals surface area contributed by atoms with Gasteiger partial charge in [-0.15, -0.1) is 0 Å².